The van der Waals surface area contributed by atoms with Gasteiger partial charge in [-0.25, -0.2) is 13.4 Å². The van der Waals surface area contributed by atoms with Crippen molar-refractivity contribution in [3.05, 3.63) is 100 Å². The number of fused-ring (bicyclic) bond motifs is 1. The molecular formula is C24H22N4O4S. The minimum absolute atomic E-state index is 0.0467. The average molecular weight is 463 g/mol. The van der Waals surface area contributed by atoms with E-state index in [1.54, 1.807) is 43.4 Å². The van der Waals surface area contributed by atoms with Crippen LogP contribution in [0.1, 0.15) is 21.7 Å². The molecule has 4 aromatic rings. The second-order valence-corrected chi connectivity index (χ2v) is 9.32. The number of aromatic amines is 1. The molecule has 9 heteroatoms. The zero-order chi connectivity index (χ0) is 23.6. The molecule has 3 aromatic carbocycles. The van der Waals surface area contributed by atoms with Crippen LogP contribution >= 0.6 is 0 Å². The predicted molar refractivity (Wildman–Crippen MR) is 127 cm³/mol. The minimum atomic E-state index is -3.80. The number of aryl methyl sites for hydroxylation is 1. The lowest BCUT2D eigenvalue weighted by atomic mass is 10.2. The van der Waals surface area contributed by atoms with E-state index in [9.17, 15) is 18.0 Å². The largest absolute Gasteiger partial charge is 0.334 e. The van der Waals surface area contributed by atoms with E-state index < -0.39 is 10.0 Å². The molecule has 1 amide bonds. The fraction of sp³-hybridized carbons (Fsp3) is 0.125. The van der Waals surface area contributed by atoms with Gasteiger partial charge in [-0.3, -0.25) is 14.3 Å². The molecule has 0 atom stereocenters. The van der Waals surface area contributed by atoms with Crippen LogP contribution in [0.4, 0.5) is 5.69 Å². The quantitative estimate of drug-likeness (QED) is 0.457. The van der Waals surface area contributed by atoms with Crippen molar-refractivity contribution in [3.63, 3.8) is 0 Å². The van der Waals surface area contributed by atoms with E-state index in [4.69, 9.17) is 0 Å². The number of hydrogen-bond donors (Lipinski definition) is 2. The summed E-state index contributed by atoms with van der Waals surface area (Å²) in [6.07, 6.45) is 0. The van der Waals surface area contributed by atoms with Crippen LogP contribution in [0.15, 0.2) is 82.5 Å². The van der Waals surface area contributed by atoms with Crippen LogP contribution in [0.3, 0.4) is 0 Å². The van der Waals surface area contributed by atoms with Crippen molar-refractivity contribution in [3.8, 4) is 0 Å². The van der Waals surface area contributed by atoms with E-state index in [0.29, 0.717) is 28.0 Å². The second-order valence-electron chi connectivity index (χ2n) is 7.64. The SMILES string of the molecule is Cc1ccccc1NS(=O)(=O)c1ccc(C(=O)N(C)Cc2nc3ccccc3c(=O)[nH]2)cc1. The molecule has 33 heavy (non-hydrogen) atoms. The predicted octanol–water partition coefficient (Wildman–Crippen LogP) is 3.30. The van der Waals surface area contributed by atoms with Crippen molar-refractivity contribution in [2.24, 2.45) is 0 Å². The average Bonchev–Trinajstić information content (AvgIpc) is 2.80. The standard InChI is InChI=1S/C24H22N4O4S/c1-16-7-3-5-9-20(16)27-33(31,32)18-13-11-17(12-14-18)24(30)28(2)15-22-25-21-10-6-4-8-19(21)23(29)26-22/h3-14,27H,15H2,1-2H3,(H,25,26,29). The second kappa shape index (κ2) is 8.87. The van der Waals surface area contributed by atoms with Gasteiger partial charge in [-0.1, -0.05) is 30.3 Å². The summed E-state index contributed by atoms with van der Waals surface area (Å²) in [4.78, 5) is 33.6. The van der Waals surface area contributed by atoms with E-state index >= 15 is 0 Å². The molecule has 0 saturated carbocycles. The molecule has 0 fully saturated rings. The van der Waals surface area contributed by atoms with Gasteiger partial charge in [-0.15, -0.1) is 0 Å². The van der Waals surface area contributed by atoms with Gasteiger partial charge in [0.15, 0.2) is 0 Å². The molecule has 2 N–H and O–H groups in total. The van der Waals surface area contributed by atoms with Crippen molar-refractivity contribution in [2.75, 3.05) is 11.8 Å². The van der Waals surface area contributed by atoms with Crippen LogP contribution in [-0.2, 0) is 16.6 Å². The molecule has 0 aliphatic heterocycles. The number of hydrogen-bond acceptors (Lipinski definition) is 5. The van der Waals surface area contributed by atoms with Gasteiger partial charge in [0.25, 0.3) is 21.5 Å². The van der Waals surface area contributed by atoms with Crippen molar-refractivity contribution >= 4 is 32.5 Å². The Kier molecular flexibility index (Phi) is 5.97. The Hall–Kier alpha value is -3.98. The molecule has 1 heterocycles. The highest BCUT2D eigenvalue weighted by Gasteiger charge is 2.18. The van der Waals surface area contributed by atoms with Gasteiger partial charge in [-0.05, 0) is 55.0 Å². The summed E-state index contributed by atoms with van der Waals surface area (Å²) in [6, 6.07) is 19.7. The zero-order valence-electron chi connectivity index (χ0n) is 18.1. The Labute approximate surface area is 191 Å². The molecule has 0 spiro atoms. The van der Waals surface area contributed by atoms with E-state index in [1.807, 2.05) is 19.1 Å². The summed E-state index contributed by atoms with van der Waals surface area (Å²) < 4.78 is 28.0. The molecule has 0 unspecified atom stereocenters. The smallest absolute Gasteiger partial charge is 0.261 e. The van der Waals surface area contributed by atoms with Gasteiger partial charge >= 0.3 is 0 Å². The summed E-state index contributed by atoms with van der Waals surface area (Å²) in [5.74, 6) is 0.0257. The van der Waals surface area contributed by atoms with Gasteiger partial charge in [0.2, 0.25) is 0 Å². The van der Waals surface area contributed by atoms with Crippen LogP contribution in [0.5, 0.6) is 0 Å². The number of amides is 1. The molecule has 0 bridgehead atoms. The Morgan fingerprint density at radius 2 is 1.67 bits per heavy atom. The first-order valence-electron chi connectivity index (χ1n) is 10.2. The van der Waals surface area contributed by atoms with Gasteiger partial charge in [0, 0.05) is 12.6 Å². The third-order valence-corrected chi connectivity index (χ3v) is 6.58. The fourth-order valence-electron chi connectivity index (χ4n) is 3.39. The lowest BCUT2D eigenvalue weighted by Gasteiger charge is -2.17. The number of nitrogens with zero attached hydrogens (tertiary/aromatic N) is 2. The van der Waals surface area contributed by atoms with Crippen LogP contribution in [0.25, 0.3) is 10.9 Å². The van der Waals surface area contributed by atoms with E-state index in [1.165, 1.54) is 29.2 Å². The highest BCUT2D eigenvalue weighted by Crippen LogP contribution is 2.20. The number of anilines is 1. The van der Waals surface area contributed by atoms with Crippen molar-refractivity contribution < 1.29 is 13.2 Å². The number of aromatic nitrogens is 2. The maximum absolute atomic E-state index is 12.8. The third kappa shape index (κ3) is 4.78. The first-order chi connectivity index (χ1) is 15.7. The number of carbonyl (C=O) groups is 1. The van der Waals surface area contributed by atoms with Crippen LogP contribution < -0.4 is 10.3 Å². The molecule has 0 aliphatic carbocycles. The Balaban J connectivity index is 1.50. The molecule has 0 saturated heterocycles. The van der Waals surface area contributed by atoms with Crippen LogP contribution in [-0.4, -0.2) is 36.2 Å². The number of sulfonamides is 1. The molecule has 8 nitrogen and oxygen atoms in total. The molecule has 168 valence electrons. The van der Waals surface area contributed by atoms with E-state index in [2.05, 4.69) is 14.7 Å². The van der Waals surface area contributed by atoms with Crippen LogP contribution in [0.2, 0.25) is 0 Å². The molecular weight excluding hydrogens is 440 g/mol. The Morgan fingerprint density at radius 3 is 2.39 bits per heavy atom. The molecule has 0 radical (unpaired) electrons. The lowest BCUT2D eigenvalue weighted by molar-refractivity contribution is 0.0781. The number of para-hydroxylation sites is 2. The maximum Gasteiger partial charge on any atom is 0.261 e. The first kappa shape index (κ1) is 22.2. The fourth-order valence-corrected chi connectivity index (χ4v) is 4.53. The number of H-pyrrole nitrogens is 1. The Morgan fingerprint density at radius 1 is 1.00 bits per heavy atom. The van der Waals surface area contributed by atoms with Crippen molar-refractivity contribution in [1.82, 2.24) is 14.9 Å². The van der Waals surface area contributed by atoms with Crippen molar-refractivity contribution in [2.45, 2.75) is 18.4 Å². The van der Waals surface area contributed by atoms with Gasteiger partial charge < -0.3 is 9.88 Å². The number of benzene rings is 3. The minimum Gasteiger partial charge on any atom is -0.334 e. The van der Waals surface area contributed by atoms with Crippen LogP contribution in [0, 0.1) is 6.92 Å². The van der Waals surface area contributed by atoms with Gasteiger partial charge in [0.1, 0.15) is 5.82 Å². The monoisotopic (exact) mass is 462 g/mol. The first-order valence-corrected chi connectivity index (χ1v) is 11.6. The molecule has 0 aliphatic rings. The van der Waals surface area contributed by atoms with Gasteiger partial charge in [0.05, 0.1) is 28.0 Å². The number of nitrogens with one attached hydrogen (secondary N) is 2. The molecule has 4 rings (SSSR count). The number of carbonyl (C=O) groups excluding carboxylic acids is 1. The lowest BCUT2D eigenvalue weighted by Crippen LogP contribution is -2.28. The Bertz CT molecular complexity index is 1500. The summed E-state index contributed by atoms with van der Waals surface area (Å²) in [6.45, 7) is 1.90. The number of rotatable bonds is 6. The normalized spacial score (nSPS) is 11.3. The summed E-state index contributed by atoms with van der Waals surface area (Å²) in [5, 5.41) is 0.478. The molecule has 1 aromatic heterocycles. The van der Waals surface area contributed by atoms with Gasteiger partial charge in [-0.2, -0.15) is 0 Å². The van der Waals surface area contributed by atoms with E-state index in [0.717, 1.165) is 5.56 Å². The summed E-state index contributed by atoms with van der Waals surface area (Å²) in [7, 11) is -2.21. The highest BCUT2D eigenvalue weighted by molar-refractivity contribution is 7.92. The maximum atomic E-state index is 12.8. The summed E-state index contributed by atoms with van der Waals surface area (Å²) >= 11 is 0. The van der Waals surface area contributed by atoms with E-state index in [-0.39, 0.29) is 22.9 Å². The topological polar surface area (TPSA) is 112 Å². The third-order valence-electron chi connectivity index (χ3n) is 5.20. The van der Waals surface area contributed by atoms with Crippen molar-refractivity contribution in [1.29, 1.82) is 0 Å². The highest BCUT2D eigenvalue weighted by atomic mass is 32.2. The summed E-state index contributed by atoms with van der Waals surface area (Å²) in [5.41, 5.74) is 1.89. The zero-order valence-corrected chi connectivity index (χ0v) is 18.9.